The Morgan fingerprint density at radius 1 is 1.06 bits per heavy atom. The maximum Gasteiger partial charge on any atom is 0.243 e. The van der Waals surface area contributed by atoms with Crippen molar-refractivity contribution in [3.63, 3.8) is 0 Å². The molecule has 0 unspecified atom stereocenters. The minimum Gasteiger partial charge on any atom is -0.378 e. The molecule has 3 rings (SSSR count). The normalized spacial score (nSPS) is 28.8. The molecule has 33 heavy (non-hydrogen) atoms. The van der Waals surface area contributed by atoms with Crippen LogP contribution in [0.3, 0.4) is 0 Å². The SMILES string of the molecule is CNC(=O)[C@H]1C/C=C\CCCCC[C@H](CC(=O)N2CCOCC2)C(=O)N2CCC[C@H]2C(=O)N1. The molecule has 3 atom stereocenters. The Morgan fingerprint density at radius 2 is 1.85 bits per heavy atom. The van der Waals surface area contributed by atoms with Crippen LogP contribution in [-0.4, -0.2) is 85.4 Å². The third-order valence-corrected chi connectivity index (χ3v) is 6.81. The van der Waals surface area contributed by atoms with Gasteiger partial charge in [-0.15, -0.1) is 0 Å². The molecule has 3 aliphatic heterocycles. The highest BCUT2D eigenvalue weighted by Crippen LogP contribution is 2.26. The number of ether oxygens (including phenoxy) is 1. The van der Waals surface area contributed by atoms with E-state index >= 15 is 0 Å². The van der Waals surface area contributed by atoms with E-state index in [-0.39, 0.29) is 30.0 Å². The third-order valence-electron chi connectivity index (χ3n) is 6.81. The summed E-state index contributed by atoms with van der Waals surface area (Å²) in [5.74, 6) is -1.10. The first kappa shape index (κ1) is 25.2. The average molecular weight is 463 g/mol. The van der Waals surface area contributed by atoms with Gasteiger partial charge in [0.25, 0.3) is 0 Å². The number of morpholine rings is 1. The lowest BCUT2D eigenvalue weighted by molar-refractivity contribution is -0.146. The minimum absolute atomic E-state index is 0.0163. The molecule has 3 aliphatic rings. The molecule has 3 heterocycles. The topological polar surface area (TPSA) is 108 Å². The molecular weight excluding hydrogens is 424 g/mol. The van der Waals surface area contributed by atoms with Crippen LogP contribution in [0.4, 0.5) is 0 Å². The Kier molecular flexibility index (Phi) is 9.72. The van der Waals surface area contributed by atoms with Crippen molar-refractivity contribution in [3.8, 4) is 0 Å². The molecule has 2 N–H and O–H groups in total. The monoisotopic (exact) mass is 462 g/mol. The van der Waals surface area contributed by atoms with Crippen LogP contribution >= 0.6 is 0 Å². The maximum atomic E-state index is 13.6. The van der Waals surface area contributed by atoms with Crippen molar-refractivity contribution in [1.82, 2.24) is 20.4 Å². The number of rotatable bonds is 3. The number of carbonyl (C=O) groups excluding carboxylic acids is 4. The van der Waals surface area contributed by atoms with Gasteiger partial charge >= 0.3 is 0 Å². The Bertz CT molecular complexity index is 734. The molecule has 9 nitrogen and oxygen atoms in total. The predicted molar refractivity (Wildman–Crippen MR) is 123 cm³/mol. The summed E-state index contributed by atoms with van der Waals surface area (Å²) in [6.45, 7) is 2.67. The minimum atomic E-state index is -0.667. The fourth-order valence-corrected chi connectivity index (χ4v) is 4.86. The summed E-state index contributed by atoms with van der Waals surface area (Å²) in [4.78, 5) is 55.3. The molecule has 9 heteroatoms. The first-order chi connectivity index (χ1) is 16.0. The van der Waals surface area contributed by atoms with Crippen molar-refractivity contribution in [2.75, 3.05) is 39.9 Å². The van der Waals surface area contributed by atoms with E-state index in [1.54, 1.807) is 16.8 Å². The maximum absolute atomic E-state index is 13.6. The zero-order valence-electron chi connectivity index (χ0n) is 19.7. The van der Waals surface area contributed by atoms with E-state index < -0.39 is 18.0 Å². The van der Waals surface area contributed by atoms with Gasteiger partial charge in [0.15, 0.2) is 0 Å². The zero-order valence-corrected chi connectivity index (χ0v) is 19.7. The summed E-state index contributed by atoms with van der Waals surface area (Å²) in [6, 6.07) is -1.26. The highest BCUT2D eigenvalue weighted by molar-refractivity contribution is 5.93. The van der Waals surface area contributed by atoms with Crippen molar-refractivity contribution < 1.29 is 23.9 Å². The highest BCUT2D eigenvalue weighted by Gasteiger charge is 2.39. The van der Waals surface area contributed by atoms with Crippen molar-refractivity contribution in [2.45, 2.75) is 69.9 Å². The molecule has 0 saturated carbocycles. The number of fused-ring (bicyclic) bond motifs is 1. The molecule has 0 aromatic heterocycles. The lowest BCUT2D eigenvalue weighted by Crippen LogP contribution is -2.53. The Morgan fingerprint density at radius 3 is 2.61 bits per heavy atom. The standard InChI is InChI=1S/C24H38N4O5/c1-25-22(30)19-10-7-5-3-2-4-6-9-18(17-21(29)27-13-15-33-16-14-27)24(32)28-12-8-11-20(28)23(31)26-19/h5,7,18-20H,2-4,6,8-17H2,1H3,(H,25,30)(H,26,31)/b7-5-/t18-,19-,20+/m1/s1. The molecule has 184 valence electrons. The van der Waals surface area contributed by atoms with Gasteiger partial charge in [0, 0.05) is 39.0 Å². The van der Waals surface area contributed by atoms with Gasteiger partial charge in [0.05, 0.1) is 13.2 Å². The number of nitrogens with one attached hydrogen (secondary N) is 2. The number of hydrogen-bond acceptors (Lipinski definition) is 5. The lowest BCUT2D eigenvalue weighted by Gasteiger charge is -2.31. The number of amides is 4. The van der Waals surface area contributed by atoms with Crippen molar-refractivity contribution >= 4 is 23.6 Å². The van der Waals surface area contributed by atoms with E-state index in [2.05, 4.69) is 10.6 Å². The zero-order chi connectivity index (χ0) is 23.6. The van der Waals surface area contributed by atoms with E-state index in [1.807, 2.05) is 12.2 Å². The van der Waals surface area contributed by atoms with Crippen LogP contribution in [0.15, 0.2) is 12.2 Å². The lowest BCUT2D eigenvalue weighted by atomic mass is 9.94. The first-order valence-corrected chi connectivity index (χ1v) is 12.3. The second-order valence-electron chi connectivity index (χ2n) is 9.10. The Labute approximate surface area is 196 Å². The molecule has 0 bridgehead atoms. The Balaban J connectivity index is 1.75. The van der Waals surface area contributed by atoms with Gasteiger partial charge in [0.1, 0.15) is 12.1 Å². The molecule has 0 aromatic rings. The third kappa shape index (κ3) is 7.03. The number of carbonyl (C=O) groups is 4. The summed E-state index contributed by atoms with van der Waals surface area (Å²) < 4.78 is 5.34. The molecule has 0 aliphatic carbocycles. The van der Waals surface area contributed by atoms with Crippen LogP contribution in [0.2, 0.25) is 0 Å². The summed E-state index contributed by atoms with van der Waals surface area (Å²) >= 11 is 0. The summed E-state index contributed by atoms with van der Waals surface area (Å²) in [5, 5.41) is 5.46. The van der Waals surface area contributed by atoms with Gasteiger partial charge in [0.2, 0.25) is 23.6 Å². The van der Waals surface area contributed by atoms with Gasteiger partial charge in [-0.05, 0) is 38.5 Å². The van der Waals surface area contributed by atoms with E-state index in [9.17, 15) is 19.2 Å². The summed E-state index contributed by atoms with van der Waals surface area (Å²) in [7, 11) is 1.55. The number of hydrogen-bond donors (Lipinski definition) is 2. The van der Waals surface area contributed by atoms with Crippen LogP contribution in [0.1, 0.15) is 57.8 Å². The molecular formula is C24H38N4O5. The smallest absolute Gasteiger partial charge is 0.243 e. The Hall–Kier alpha value is -2.42. The summed E-state index contributed by atoms with van der Waals surface area (Å²) in [5.41, 5.74) is 0. The highest BCUT2D eigenvalue weighted by atomic mass is 16.5. The van der Waals surface area contributed by atoms with Crippen molar-refractivity contribution in [1.29, 1.82) is 0 Å². The fourth-order valence-electron chi connectivity index (χ4n) is 4.86. The van der Waals surface area contributed by atoms with E-state index in [0.717, 1.165) is 32.1 Å². The van der Waals surface area contributed by atoms with Gasteiger partial charge < -0.3 is 25.2 Å². The molecule has 2 saturated heterocycles. The predicted octanol–water partition coefficient (Wildman–Crippen LogP) is 0.984. The average Bonchev–Trinajstić information content (AvgIpc) is 3.33. The molecule has 0 spiro atoms. The largest absolute Gasteiger partial charge is 0.378 e. The van der Waals surface area contributed by atoms with Crippen LogP contribution in [0, 0.1) is 5.92 Å². The van der Waals surface area contributed by atoms with E-state index in [0.29, 0.717) is 52.1 Å². The molecule has 0 radical (unpaired) electrons. The van der Waals surface area contributed by atoms with Crippen molar-refractivity contribution in [3.05, 3.63) is 12.2 Å². The second kappa shape index (κ2) is 12.7. The number of nitrogens with zero attached hydrogens (tertiary/aromatic N) is 2. The molecule has 4 amide bonds. The quantitative estimate of drug-likeness (QED) is 0.608. The molecule has 2 fully saturated rings. The number of allylic oxidation sites excluding steroid dienone is 1. The van der Waals surface area contributed by atoms with Gasteiger partial charge in [-0.25, -0.2) is 0 Å². The van der Waals surface area contributed by atoms with Gasteiger partial charge in [-0.2, -0.15) is 0 Å². The van der Waals surface area contributed by atoms with Crippen LogP contribution in [-0.2, 0) is 23.9 Å². The van der Waals surface area contributed by atoms with Crippen LogP contribution < -0.4 is 10.6 Å². The molecule has 0 aromatic carbocycles. The van der Waals surface area contributed by atoms with Gasteiger partial charge in [-0.1, -0.05) is 25.0 Å². The van der Waals surface area contributed by atoms with Crippen LogP contribution in [0.25, 0.3) is 0 Å². The fraction of sp³-hybridized carbons (Fsp3) is 0.750. The van der Waals surface area contributed by atoms with E-state index in [4.69, 9.17) is 4.74 Å². The summed E-state index contributed by atoms with van der Waals surface area (Å²) in [6.07, 6.45) is 10.2. The van der Waals surface area contributed by atoms with Crippen molar-refractivity contribution in [2.24, 2.45) is 5.92 Å². The van der Waals surface area contributed by atoms with Crippen LogP contribution in [0.5, 0.6) is 0 Å². The van der Waals surface area contributed by atoms with Gasteiger partial charge in [-0.3, -0.25) is 19.2 Å². The number of likely N-dealkylation sites (N-methyl/N-ethyl adjacent to an activating group) is 1. The van der Waals surface area contributed by atoms with E-state index in [1.165, 1.54) is 0 Å². The first-order valence-electron chi connectivity index (χ1n) is 12.3. The second-order valence-corrected chi connectivity index (χ2v) is 9.10.